The number of hydrogen-bond acceptors (Lipinski definition) is 21. The first kappa shape index (κ1) is 69.5. The van der Waals surface area contributed by atoms with Crippen LogP contribution in [0.15, 0.2) is 117 Å². The number of esters is 4. The average Bonchev–Trinajstić information content (AvgIpc) is 3.42. The second-order valence-electron chi connectivity index (χ2n) is 15.6. The van der Waals surface area contributed by atoms with Crippen molar-refractivity contribution in [3.05, 3.63) is 97.1 Å². The summed E-state index contributed by atoms with van der Waals surface area (Å²) in [7, 11) is 13.2. The first-order valence-electron chi connectivity index (χ1n) is 25.0. The van der Waals surface area contributed by atoms with E-state index in [-0.39, 0.29) is 56.0 Å². The predicted octanol–water partition coefficient (Wildman–Crippen LogP) is 14.2. The van der Waals surface area contributed by atoms with Crippen LogP contribution in [0.1, 0.15) is 106 Å². The van der Waals surface area contributed by atoms with Crippen molar-refractivity contribution in [2.24, 2.45) is 5.73 Å². The molecular formula is C54H72N2O13S8. The Bertz CT molecular complexity index is 2280. The highest BCUT2D eigenvalue weighted by molar-refractivity contribution is 8.77. The lowest BCUT2D eigenvalue weighted by Crippen LogP contribution is -2.39. The SMILES string of the molecule is CCSSc1ccccc1OC(=O)CCC(=O)NC1CCCCO1.CCSSc1ccccc1OC(=O)CCC(=O)O.CCSSc1ccccc1OC(C)=O.CCSSc1ccccc1OC(C)=O.NC1CCCCO1. The van der Waals surface area contributed by atoms with Crippen LogP contribution in [0.2, 0.25) is 0 Å². The number of para-hydroxylation sites is 4. The van der Waals surface area contributed by atoms with Gasteiger partial charge in [0, 0.05) is 56.5 Å². The summed E-state index contributed by atoms with van der Waals surface area (Å²) in [6.45, 7) is 12.7. The van der Waals surface area contributed by atoms with Gasteiger partial charge in [0.1, 0.15) is 35.5 Å². The van der Waals surface area contributed by atoms with E-state index >= 15 is 0 Å². The van der Waals surface area contributed by atoms with Crippen LogP contribution in [0.25, 0.3) is 0 Å². The summed E-state index contributed by atoms with van der Waals surface area (Å²) in [6.07, 6.45) is 6.04. The molecule has 2 aliphatic rings. The number of rotatable bonds is 23. The summed E-state index contributed by atoms with van der Waals surface area (Å²) in [6, 6.07) is 29.8. The van der Waals surface area contributed by atoms with Crippen molar-refractivity contribution in [3.8, 4) is 23.0 Å². The van der Waals surface area contributed by atoms with E-state index < -0.39 is 17.9 Å². The maximum Gasteiger partial charge on any atom is 0.311 e. The first-order chi connectivity index (χ1) is 37.2. The summed E-state index contributed by atoms with van der Waals surface area (Å²) in [5.74, 6) is 3.63. The smallest absolute Gasteiger partial charge is 0.311 e. The molecule has 0 aliphatic carbocycles. The topological polar surface area (TPSA) is 216 Å². The molecule has 0 radical (unpaired) electrons. The van der Waals surface area contributed by atoms with Crippen molar-refractivity contribution in [1.82, 2.24) is 5.32 Å². The van der Waals surface area contributed by atoms with Gasteiger partial charge in [0.05, 0.1) is 38.8 Å². The van der Waals surface area contributed by atoms with Gasteiger partial charge in [0.25, 0.3) is 0 Å². The summed E-state index contributed by atoms with van der Waals surface area (Å²) in [5.41, 5.74) is 5.41. The predicted molar refractivity (Wildman–Crippen MR) is 321 cm³/mol. The van der Waals surface area contributed by atoms with E-state index in [2.05, 4.69) is 26.1 Å². The van der Waals surface area contributed by atoms with Crippen LogP contribution in [0.5, 0.6) is 23.0 Å². The molecule has 2 unspecified atom stereocenters. The lowest BCUT2D eigenvalue weighted by molar-refractivity contribution is -0.142. The Kier molecular flexibility index (Phi) is 39.9. The van der Waals surface area contributed by atoms with Crippen molar-refractivity contribution in [2.75, 3.05) is 36.2 Å². The Hall–Kier alpha value is -3.62. The summed E-state index contributed by atoms with van der Waals surface area (Å²) in [5, 5.41) is 11.3. The van der Waals surface area contributed by atoms with Crippen LogP contribution < -0.4 is 30.0 Å². The minimum absolute atomic E-state index is 0.0359. The van der Waals surface area contributed by atoms with Crippen molar-refractivity contribution in [1.29, 1.82) is 0 Å². The third-order valence-corrected chi connectivity index (χ3v) is 19.1. The molecule has 0 bridgehead atoms. The first-order valence-corrected chi connectivity index (χ1v) is 34.3. The van der Waals surface area contributed by atoms with Crippen LogP contribution >= 0.6 is 86.4 Å². The fourth-order valence-electron chi connectivity index (χ4n) is 5.86. The Balaban J connectivity index is 0.000000344. The van der Waals surface area contributed by atoms with E-state index in [9.17, 15) is 28.8 Å². The Morgan fingerprint density at radius 3 is 1.16 bits per heavy atom. The summed E-state index contributed by atoms with van der Waals surface area (Å²) < 4.78 is 31.2. The largest absolute Gasteiger partial charge is 0.481 e. The Morgan fingerprint density at radius 1 is 0.506 bits per heavy atom. The standard InChI is InChI=1S/C17H23NO4S2.C12H14O4S2.2C10H12O2S2.C5H11NO/c1-2-23-24-14-8-4-3-7-13(14)22-17(20)11-10-15(19)18-16-9-5-6-12-21-16;1-2-17-18-10-6-4-3-5-9(10)16-12(15)8-7-11(13)14;2*1-3-13-14-10-7-5-4-6-9(10)12-8(2)11;6-5-3-1-2-4-7-5/h3-4,7-8,16H,2,5-6,9-12H2,1H3,(H,18,19);3-6H,2,7-8H2,1H3,(H,13,14);2*4-7H,3H2,1-2H3;5H,1-4,6H2. The molecule has 4 aromatic rings. The van der Waals surface area contributed by atoms with Crippen LogP contribution in [-0.2, 0) is 38.2 Å². The number of carboxylic acids is 1. The number of carboxylic acid groups (broad SMARTS) is 1. The zero-order chi connectivity index (χ0) is 56.5. The molecule has 424 valence electrons. The van der Waals surface area contributed by atoms with E-state index in [4.69, 9.17) is 39.3 Å². The fourth-order valence-corrected chi connectivity index (χ4v) is 12.7. The van der Waals surface area contributed by atoms with Crippen LogP contribution in [0, 0.1) is 0 Å². The van der Waals surface area contributed by atoms with Gasteiger partial charge < -0.3 is 44.6 Å². The van der Waals surface area contributed by atoms with E-state index in [1.165, 1.54) is 37.5 Å². The zero-order valence-corrected chi connectivity index (χ0v) is 50.9. The third kappa shape index (κ3) is 34.2. The molecule has 1 amide bonds. The zero-order valence-electron chi connectivity index (χ0n) is 44.4. The number of hydrogen-bond donors (Lipinski definition) is 3. The van der Waals surface area contributed by atoms with E-state index in [1.54, 1.807) is 106 Å². The lowest BCUT2D eigenvalue weighted by atomic mass is 10.2. The van der Waals surface area contributed by atoms with E-state index in [0.717, 1.165) is 74.9 Å². The maximum atomic E-state index is 12.0. The minimum atomic E-state index is -1.00. The van der Waals surface area contributed by atoms with Gasteiger partial charge in [-0.05, 0) is 87.1 Å². The molecule has 4 N–H and O–H groups in total. The number of nitrogens with one attached hydrogen (secondary N) is 1. The number of carbonyl (C=O) groups is 6. The van der Waals surface area contributed by atoms with Gasteiger partial charge in [-0.3, -0.25) is 28.8 Å². The Labute approximate surface area is 485 Å². The summed E-state index contributed by atoms with van der Waals surface area (Å²) in [4.78, 5) is 71.0. The number of benzene rings is 4. The highest BCUT2D eigenvalue weighted by atomic mass is 33.1. The molecule has 0 saturated carbocycles. The minimum Gasteiger partial charge on any atom is -0.481 e. The lowest BCUT2D eigenvalue weighted by Gasteiger charge is -2.23. The van der Waals surface area contributed by atoms with Crippen molar-refractivity contribution in [3.63, 3.8) is 0 Å². The highest BCUT2D eigenvalue weighted by Crippen LogP contribution is 2.40. The molecule has 77 heavy (non-hydrogen) atoms. The fraction of sp³-hybridized carbons (Fsp3) is 0.444. The number of carbonyl (C=O) groups excluding carboxylic acids is 5. The van der Waals surface area contributed by atoms with Gasteiger partial charge in [-0.1, -0.05) is 163 Å². The molecule has 0 aromatic heterocycles. The van der Waals surface area contributed by atoms with Crippen LogP contribution in [-0.4, -0.2) is 89.5 Å². The molecule has 4 aromatic carbocycles. The molecular weight excluding hydrogens is 1140 g/mol. The van der Waals surface area contributed by atoms with Crippen molar-refractivity contribution < 1.29 is 62.3 Å². The number of nitrogens with two attached hydrogens (primary N) is 1. The third-order valence-electron chi connectivity index (χ3n) is 9.23. The van der Waals surface area contributed by atoms with Crippen molar-refractivity contribution in [2.45, 2.75) is 138 Å². The summed E-state index contributed by atoms with van der Waals surface area (Å²) >= 11 is 0. The molecule has 2 saturated heterocycles. The van der Waals surface area contributed by atoms with Gasteiger partial charge in [-0.15, -0.1) is 0 Å². The number of ether oxygens (including phenoxy) is 6. The van der Waals surface area contributed by atoms with Gasteiger partial charge >= 0.3 is 29.8 Å². The highest BCUT2D eigenvalue weighted by Gasteiger charge is 2.18. The molecule has 2 heterocycles. The molecule has 15 nitrogen and oxygen atoms in total. The molecule has 6 rings (SSSR count). The quantitative estimate of drug-likeness (QED) is 0.0357. The van der Waals surface area contributed by atoms with Gasteiger partial charge in [0.2, 0.25) is 5.91 Å². The van der Waals surface area contributed by atoms with Crippen molar-refractivity contribution >= 4 is 122 Å². The second-order valence-corrected chi connectivity index (χ2v) is 26.1. The van der Waals surface area contributed by atoms with Gasteiger partial charge in [-0.2, -0.15) is 0 Å². The number of aliphatic carboxylic acids is 1. The molecule has 2 fully saturated rings. The van der Waals surface area contributed by atoms with Crippen LogP contribution in [0.4, 0.5) is 0 Å². The molecule has 23 heteroatoms. The Morgan fingerprint density at radius 2 is 0.857 bits per heavy atom. The average molecular weight is 1210 g/mol. The molecule has 2 aliphatic heterocycles. The van der Waals surface area contributed by atoms with Gasteiger partial charge in [0.15, 0.2) is 0 Å². The normalized spacial score (nSPS) is 14.3. The molecule has 2 atom stereocenters. The number of amides is 1. The molecule has 0 spiro atoms. The maximum absolute atomic E-state index is 12.0. The van der Waals surface area contributed by atoms with Gasteiger partial charge in [-0.25, -0.2) is 0 Å². The van der Waals surface area contributed by atoms with E-state index in [1.807, 2.05) is 73.7 Å². The second kappa shape index (κ2) is 44.2. The van der Waals surface area contributed by atoms with Crippen LogP contribution in [0.3, 0.4) is 0 Å². The monoisotopic (exact) mass is 1210 g/mol. The van der Waals surface area contributed by atoms with E-state index in [0.29, 0.717) is 29.6 Å².